The van der Waals surface area contributed by atoms with Crippen molar-refractivity contribution < 1.29 is 0 Å². The van der Waals surface area contributed by atoms with Gasteiger partial charge in [-0.1, -0.05) is 22.0 Å². The Balaban J connectivity index is 2.32. The van der Waals surface area contributed by atoms with Gasteiger partial charge >= 0.3 is 0 Å². The van der Waals surface area contributed by atoms with Crippen LogP contribution in [0.3, 0.4) is 0 Å². The minimum absolute atomic E-state index is 0.0546. The molecule has 2 nitrogen and oxygen atoms in total. The molecule has 2 aromatic rings. The second kappa shape index (κ2) is 3.34. The molecule has 0 unspecified atom stereocenters. The van der Waals surface area contributed by atoms with Crippen molar-refractivity contribution in [3.8, 4) is 0 Å². The monoisotopic (exact) mass is 278 g/mol. The summed E-state index contributed by atoms with van der Waals surface area (Å²) in [5, 5.41) is 4.92. The lowest BCUT2D eigenvalue weighted by molar-refractivity contribution is 0.374. The average Bonchev–Trinajstić information content (AvgIpc) is 2.57. The van der Waals surface area contributed by atoms with Crippen LogP contribution < -0.4 is 5.32 Å². The Morgan fingerprint density at radius 3 is 2.94 bits per heavy atom. The molecule has 3 heteroatoms. The molecule has 2 N–H and O–H groups in total. The summed E-state index contributed by atoms with van der Waals surface area (Å²) in [4.78, 5) is 3.55. The van der Waals surface area contributed by atoms with Crippen LogP contribution >= 0.6 is 15.9 Å². The normalized spacial score (nSPS) is 18.7. The number of benzene rings is 1. The zero-order chi connectivity index (χ0) is 11.3. The summed E-state index contributed by atoms with van der Waals surface area (Å²) in [5.41, 5.74) is 4.10. The highest BCUT2D eigenvalue weighted by atomic mass is 79.9. The lowest BCUT2D eigenvalue weighted by Crippen LogP contribution is -2.42. The van der Waals surface area contributed by atoms with E-state index in [1.54, 1.807) is 0 Å². The third kappa shape index (κ3) is 1.42. The lowest BCUT2D eigenvalue weighted by atomic mass is 9.90. The number of H-pyrrole nitrogens is 1. The summed E-state index contributed by atoms with van der Waals surface area (Å²) in [6.07, 6.45) is 1.11. The zero-order valence-corrected chi connectivity index (χ0v) is 11.1. The summed E-state index contributed by atoms with van der Waals surface area (Å²) < 4.78 is 1.13. The number of rotatable bonds is 0. The van der Waals surface area contributed by atoms with Gasteiger partial charge < -0.3 is 10.3 Å². The number of fused-ring (bicyclic) bond motifs is 3. The molecule has 1 aromatic carbocycles. The summed E-state index contributed by atoms with van der Waals surface area (Å²) in [5.74, 6) is 0. The van der Waals surface area contributed by atoms with Gasteiger partial charge in [0.25, 0.3) is 0 Å². The minimum Gasteiger partial charge on any atom is -0.357 e. The molecule has 84 valence electrons. The molecule has 1 aliphatic rings. The molecule has 0 amide bonds. The maximum absolute atomic E-state index is 3.55. The Morgan fingerprint density at radius 1 is 1.31 bits per heavy atom. The fourth-order valence-electron chi connectivity index (χ4n) is 2.61. The summed E-state index contributed by atoms with van der Waals surface area (Å²) in [6, 6.07) is 6.48. The van der Waals surface area contributed by atoms with Gasteiger partial charge in [-0.15, -0.1) is 0 Å². The third-order valence-electron chi connectivity index (χ3n) is 3.44. The fraction of sp³-hybridized carbons (Fsp3) is 0.385. The first-order valence-corrected chi connectivity index (χ1v) is 6.43. The van der Waals surface area contributed by atoms with Gasteiger partial charge in [-0.05, 0) is 38.0 Å². The Hall–Kier alpha value is -0.800. The van der Waals surface area contributed by atoms with Gasteiger partial charge in [-0.2, -0.15) is 0 Å². The first-order valence-electron chi connectivity index (χ1n) is 5.63. The summed E-state index contributed by atoms with van der Waals surface area (Å²) in [7, 11) is 0. The number of nitrogens with one attached hydrogen (secondary N) is 2. The van der Waals surface area contributed by atoms with E-state index in [-0.39, 0.29) is 5.54 Å². The summed E-state index contributed by atoms with van der Waals surface area (Å²) in [6.45, 7) is 5.52. The predicted molar refractivity (Wildman–Crippen MR) is 70.7 cm³/mol. The lowest BCUT2D eigenvalue weighted by Gasteiger charge is -2.31. The largest absolute Gasteiger partial charge is 0.357 e. The van der Waals surface area contributed by atoms with E-state index in [0.717, 1.165) is 17.4 Å². The van der Waals surface area contributed by atoms with Crippen LogP contribution in [0.1, 0.15) is 25.1 Å². The van der Waals surface area contributed by atoms with E-state index in [0.29, 0.717) is 0 Å². The Labute approximate surface area is 104 Å². The maximum atomic E-state index is 3.55. The first-order chi connectivity index (χ1) is 7.58. The standard InChI is InChI=1S/C13H15BrN2/c1-13(2)12-10(5-6-15-13)9-4-3-8(14)7-11(9)16-12/h3-4,7,15-16H,5-6H2,1-2H3. The van der Waals surface area contributed by atoms with Crippen molar-refractivity contribution >= 4 is 26.8 Å². The van der Waals surface area contributed by atoms with E-state index in [9.17, 15) is 0 Å². The number of hydrogen-bond acceptors (Lipinski definition) is 1. The van der Waals surface area contributed by atoms with Crippen LogP contribution in [0.15, 0.2) is 22.7 Å². The molecule has 1 aromatic heterocycles. The van der Waals surface area contributed by atoms with Crippen LogP contribution in [0.2, 0.25) is 0 Å². The molecular weight excluding hydrogens is 264 g/mol. The number of halogens is 1. The number of aromatic amines is 1. The van der Waals surface area contributed by atoms with Gasteiger partial charge in [-0.3, -0.25) is 0 Å². The van der Waals surface area contributed by atoms with E-state index < -0.39 is 0 Å². The van der Waals surface area contributed by atoms with Crippen LogP contribution in [-0.2, 0) is 12.0 Å². The van der Waals surface area contributed by atoms with E-state index in [2.05, 4.69) is 58.3 Å². The van der Waals surface area contributed by atoms with Crippen molar-refractivity contribution in [3.63, 3.8) is 0 Å². The van der Waals surface area contributed by atoms with E-state index in [1.165, 1.54) is 22.2 Å². The Morgan fingerprint density at radius 2 is 2.12 bits per heavy atom. The topological polar surface area (TPSA) is 27.8 Å². The van der Waals surface area contributed by atoms with Crippen LogP contribution in [-0.4, -0.2) is 11.5 Å². The SMILES string of the molecule is CC1(C)NCCc2c1[nH]c1cc(Br)ccc21. The van der Waals surface area contributed by atoms with Gasteiger partial charge in [0, 0.05) is 27.6 Å². The average molecular weight is 279 g/mol. The molecular formula is C13H15BrN2. The third-order valence-corrected chi connectivity index (χ3v) is 3.93. The van der Waals surface area contributed by atoms with E-state index >= 15 is 0 Å². The van der Waals surface area contributed by atoms with Crippen molar-refractivity contribution in [1.82, 2.24) is 10.3 Å². The Bertz CT molecular complexity index is 554. The molecule has 2 heterocycles. The molecule has 0 aliphatic carbocycles. The highest BCUT2D eigenvalue weighted by Crippen LogP contribution is 2.34. The smallest absolute Gasteiger partial charge is 0.0532 e. The van der Waals surface area contributed by atoms with Gasteiger partial charge in [0.15, 0.2) is 0 Å². The molecule has 0 saturated carbocycles. The highest BCUT2D eigenvalue weighted by Gasteiger charge is 2.29. The summed E-state index contributed by atoms with van der Waals surface area (Å²) >= 11 is 3.52. The maximum Gasteiger partial charge on any atom is 0.0532 e. The van der Waals surface area contributed by atoms with Crippen LogP contribution in [0.25, 0.3) is 10.9 Å². The van der Waals surface area contributed by atoms with E-state index in [1.807, 2.05) is 0 Å². The Kier molecular flexibility index (Phi) is 2.17. The molecule has 16 heavy (non-hydrogen) atoms. The molecule has 0 radical (unpaired) electrons. The van der Waals surface area contributed by atoms with Crippen LogP contribution in [0.5, 0.6) is 0 Å². The van der Waals surface area contributed by atoms with Crippen LogP contribution in [0.4, 0.5) is 0 Å². The van der Waals surface area contributed by atoms with Crippen LogP contribution in [0, 0.1) is 0 Å². The minimum atomic E-state index is 0.0546. The van der Waals surface area contributed by atoms with Gasteiger partial charge in [0.05, 0.1) is 5.54 Å². The van der Waals surface area contributed by atoms with Gasteiger partial charge in [0.1, 0.15) is 0 Å². The molecule has 3 rings (SSSR count). The van der Waals surface area contributed by atoms with Crippen molar-refractivity contribution in [2.24, 2.45) is 0 Å². The first kappa shape index (κ1) is 10.4. The van der Waals surface area contributed by atoms with Gasteiger partial charge in [-0.25, -0.2) is 0 Å². The predicted octanol–water partition coefficient (Wildman–Crippen LogP) is 3.31. The quantitative estimate of drug-likeness (QED) is 0.760. The zero-order valence-electron chi connectivity index (χ0n) is 9.52. The highest BCUT2D eigenvalue weighted by molar-refractivity contribution is 9.10. The van der Waals surface area contributed by atoms with Crippen molar-refractivity contribution in [1.29, 1.82) is 0 Å². The molecule has 0 saturated heterocycles. The second-order valence-electron chi connectivity index (χ2n) is 4.97. The van der Waals surface area contributed by atoms with Gasteiger partial charge in [0.2, 0.25) is 0 Å². The fourth-order valence-corrected chi connectivity index (χ4v) is 2.97. The molecule has 0 fully saturated rings. The van der Waals surface area contributed by atoms with Crippen molar-refractivity contribution in [2.75, 3.05) is 6.54 Å². The van der Waals surface area contributed by atoms with Crippen molar-refractivity contribution in [2.45, 2.75) is 25.8 Å². The molecule has 0 atom stereocenters. The van der Waals surface area contributed by atoms with E-state index in [4.69, 9.17) is 0 Å². The van der Waals surface area contributed by atoms with Crippen molar-refractivity contribution in [3.05, 3.63) is 33.9 Å². The molecule has 0 spiro atoms. The second-order valence-corrected chi connectivity index (χ2v) is 5.89. The number of hydrogen-bond donors (Lipinski definition) is 2. The number of aromatic nitrogens is 1. The molecule has 1 aliphatic heterocycles. The molecule has 0 bridgehead atoms.